The molecule has 0 aromatic heterocycles. The summed E-state index contributed by atoms with van der Waals surface area (Å²) in [5.41, 5.74) is 3.39. The molecular formula is C45H64N2O13. The van der Waals surface area contributed by atoms with Crippen LogP contribution < -0.4 is 10.1 Å². The van der Waals surface area contributed by atoms with Crippen LogP contribution in [0.1, 0.15) is 40.6 Å². The number of methoxy groups -OCH3 is 2. The molecule has 0 aliphatic heterocycles. The van der Waals surface area contributed by atoms with E-state index >= 15 is 0 Å². The molecule has 0 unspecified atom stereocenters. The van der Waals surface area contributed by atoms with Crippen molar-refractivity contribution in [2.45, 2.75) is 49.5 Å². The van der Waals surface area contributed by atoms with Gasteiger partial charge in [-0.2, -0.15) is 0 Å². The normalized spacial score (nSPS) is 16.1. The maximum Gasteiger partial charge on any atom is 0.407 e. The second-order valence-corrected chi connectivity index (χ2v) is 14.3. The SMILES string of the molecule is COCCOCCOCCOCCOc1ccc([C@@H](C[C@H](O)[C@H](Cc2ccccc2)NC(=O)OCCOCCOCCOC)C(=O)N(C)[C@H]2c3ccccc3C[C@H]2O)cc1. The summed E-state index contributed by atoms with van der Waals surface area (Å²) in [7, 11) is 4.91. The monoisotopic (exact) mass is 840 g/mol. The molecule has 3 aromatic carbocycles. The number of fused-ring (bicyclic) bond motifs is 1. The average Bonchev–Trinajstić information content (AvgIpc) is 3.60. The summed E-state index contributed by atoms with van der Waals surface area (Å²) in [4.78, 5) is 29.2. The molecule has 60 heavy (non-hydrogen) atoms. The molecule has 15 nitrogen and oxygen atoms in total. The number of benzene rings is 3. The first-order chi connectivity index (χ1) is 29.3. The summed E-state index contributed by atoms with van der Waals surface area (Å²) in [6, 6.07) is 23.0. The van der Waals surface area contributed by atoms with E-state index in [2.05, 4.69) is 5.32 Å². The molecule has 3 aromatic rings. The highest BCUT2D eigenvalue weighted by Crippen LogP contribution is 2.38. The molecule has 0 spiro atoms. The zero-order chi connectivity index (χ0) is 42.8. The molecule has 1 aliphatic carbocycles. The van der Waals surface area contributed by atoms with Crippen LogP contribution in [-0.4, -0.2) is 159 Å². The van der Waals surface area contributed by atoms with E-state index in [1.807, 2.05) is 54.6 Å². The minimum Gasteiger partial charge on any atom is -0.491 e. The molecule has 0 fully saturated rings. The van der Waals surface area contributed by atoms with E-state index in [4.69, 9.17) is 42.6 Å². The summed E-state index contributed by atoms with van der Waals surface area (Å²) in [6.07, 6.45) is -2.02. The van der Waals surface area contributed by atoms with Gasteiger partial charge < -0.3 is 63.1 Å². The van der Waals surface area contributed by atoms with Gasteiger partial charge >= 0.3 is 6.09 Å². The van der Waals surface area contributed by atoms with Crippen molar-refractivity contribution in [1.82, 2.24) is 10.2 Å². The van der Waals surface area contributed by atoms with Gasteiger partial charge in [-0.25, -0.2) is 4.79 Å². The molecule has 332 valence electrons. The maximum atomic E-state index is 14.6. The van der Waals surface area contributed by atoms with E-state index in [-0.39, 0.29) is 32.0 Å². The van der Waals surface area contributed by atoms with Crippen molar-refractivity contribution in [3.8, 4) is 5.75 Å². The highest BCUT2D eigenvalue weighted by molar-refractivity contribution is 5.84. The van der Waals surface area contributed by atoms with E-state index in [0.717, 1.165) is 16.7 Å². The highest BCUT2D eigenvalue weighted by Gasteiger charge is 2.39. The Morgan fingerprint density at radius 1 is 0.700 bits per heavy atom. The van der Waals surface area contributed by atoms with Crippen molar-refractivity contribution in [2.24, 2.45) is 0 Å². The fourth-order valence-corrected chi connectivity index (χ4v) is 6.89. The third-order valence-corrected chi connectivity index (χ3v) is 9.99. The number of amides is 2. The molecule has 5 atom stereocenters. The topological polar surface area (TPSA) is 173 Å². The Kier molecular flexibility index (Phi) is 22.9. The van der Waals surface area contributed by atoms with E-state index in [1.165, 1.54) is 0 Å². The Morgan fingerprint density at radius 2 is 1.23 bits per heavy atom. The molecule has 4 rings (SSSR count). The minimum absolute atomic E-state index is 0.00399. The van der Waals surface area contributed by atoms with E-state index in [0.29, 0.717) is 97.0 Å². The summed E-state index contributed by atoms with van der Waals surface area (Å²) < 4.78 is 48.6. The fourth-order valence-electron chi connectivity index (χ4n) is 6.89. The van der Waals surface area contributed by atoms with Gasteiger partial charge in [-0.05, 0) is 47.2 Å². The molecule has 1 aliphatic rings. The zero-order valence-corrected chi connectivity index (χ0v) is 35.2. The first-order valence-electron chi connectivity index (χ1n) is 20.6. The Bertz CT molecular complexity index is 1620. The Labute approximate surface area is 354 Å². The molecule has 0 bridgehead atoms. The lowest BCUT2D eigenvalue weighted by atomic mass is 9.87. The Balaban J connectivity index is 1.40. The number of nitrogens with one attached hydrogen (secondary N) is 1. The smallest absolute Gasteiger partial charge is 0.407 e. The van der Waals surface area contributed by atoms with Gasteiger partial charge in [0, 0.05) is 27.7 Å². The number of hydrogen-bond donors (Lipinski definition) is 3. The van der Waals surface area contributed by atoms with Crippen LogP contribution in [0.4, 0.5) is 4.79 Å². The molecular weight excluding hydrogens is 776 g/mol. The number of aliphatic hydroxyl groups is 2. The summed E-state index contributed by atoms with van der Waals surface area (Å²) in [5.74, 6) is -0.547. The zero-order valence-electron chi connectivity index (χ0n) is 35.2. The molecule has 15 heteroatoms. The van der Waals surface area contributed by atoms with Crippen LogP contribution in [0, 0.1) is 0 Å². The van der Waals surface area contributed by atoms with Crippen molar-refractivity contribution in [2.75, 3.05) is 114 Å². The lowest BCUT2D eigenvalue weighted by Gasteiger charge is -2.33. The predicted molar refractivity (Wildman–Crippen MR) is 223 cm³/mol. The molecule has 3 N–H and O–H groups in total. The van der Waals surface area contributed by atoms with Gasteiger partial charge in [0.2, 0.25) is 5.91 Å². The largest absolute Gasteiger partial charge is 0.491 e. The van der Waals surface area contributed by atoms with Gasteiger partial charge in [-0.15, -0.1) is 0 Å². The van der Waals surface area contributed by atoms with Crippen molar-refractivity contribution >= 4 is 12.0 Å². The predicted octanol–water partition coefficient (Wildman–Crippen LogP) is 3.73. The lowest BCUT2D eigenvalue weighted by Crippen LogP contribution is -2.47. The molecule has 0 heterocycles. The van der Waals surface area contributed by atoms with Gasteiger partial charge in [0.15, 0.2) is 0 Å². The summed E-state index contributed by atoms with van der Waals surface area (Å²) in [5, 5.41) is 25.9. The van der Waals surface area contributed by atoms with Crippen molar-refractivity contribution in [3.05, 3.63) is 101 Å². The van der Waals surface area contributed by atoms with Gasteiger partial charge in [-0.3, -0.25) is 4.79 Å². The minimum atomic E-state index is -1.18. The van der Waals surface area contributed by atoms with E-state index in [9.17, 15) is 19.8 Å². The van der Waals surface area contributed by atoms with Crippen LogP contribution in [0.15, 0.2) is 78.9 Å². The number of carbonyl (C=O) groups is 2. The second kappa shape index (κ2) is 28.4. The first-order valence-corrected chi connectivity index (χ1v) is 20.6. The van der Waals surface area contributed by atoms with Gasteiger partial charge in [-0.1, -0.05) is 66.7 Å². The average molecular weight is 841 g/mol. The number of alkyl carbamates (subject to hydrolysis) is 1. The molecule has 2 amide bonds. The number of rotatable bonds is 31. The number of hydrogen-bond acceptors (Lipinski definition) is 13. The van der Waals surface area contributed by atoms with Gasteiger partial charge in [0.05, 0.1) is 109 Å². The first kappa shape index (κ1) is 48.5. The lowest BCUT2D eigenvalue weighted by molar-refractivity contribution is -0.136. The van der Waals surface area contributed by atoms with Crippen LogP contribution in [0.5, 0.6) is 5.75 Å². The van der Waals surface area contributed by atoms with Crippen molar-refractivity contribution in [1.29, 1.82) is 0 Å². The van der Waals surface area contributed by atoms with Crippen LogP contribution in [0.25, 0.3) is 0 Å². The third kappa shape index (κ3) is 17.1. The third-order valence-electron chi connectivity index (χ3n) is 9.99. The van der Waals surface area contributed by atoms with Gasteiger partial charge in [0.1, 0.15) is 19.0 Å². The number of carbonyl (C=O) groups excluding carboxylic acids is 2. The van der Waals surface area contributed by atoms with Crippen LogP contribution in [0.2, 0.25) is 0 Å². The van der Waals surface area contributed by atoms with Gasteiger partial charge in [0.25, 0.3) is 0 Å². The van der Waals surface area contributed by atoms with Crippen LogP contribution in [-0.2, 0) is 55.5 Å². The standard InChI is InChI=1S/C45H64N2O13/c1-47(43-38-12-8-7-11-36(38)32-42(43)49)44(50)39(35-13-15-37(16-14-35)59-29-27-57-26-24-56-23-21-54-19-17-52-2)33-41(48)40(31-34-9-5-4-6-10-34)46-45(51)60-30-28-58-25-22-55-20-18-53-3/h4-16,39-43,48-49H,17-33H2,1-3H3,(H,46,51)/t39-,40+,41+,42-,43+/m1/s1. The van der Waals surface area contributed by atoms with E-state index < -0.39 is 36.3 Å². The molecule has 0 saturated heterocycles. The highest BCUT2D eigenvalue weighted by atomic mass is 16.6. The number of nitrogens with zero attached hydrogens (tertiary/aromatic N) is 1. The van der Waals surface area contributed by atoms with Crippen molar-refractivity contribution in [3.63, 3.8) is 0 Å². The van der Waals surface area contributed by atoms with Crippen molar-refractivity contribution < 1.29 is 62.4 Å². The summed E-state index contributed by atoms with van der Waals surface area (Å²) in [6.45, 7) is 5.39. The molecule has 0 radical (unpaired) electrons. The number of likely N-dealkylation sites (N-methyl/N-ethyl adjacent to an activating group) is 1. The summed E-state index contributed by atoms with van der Waals surface area (Å²) >= 11 is 0. The fraction of sp³-hybridized carbons (Fsp3) is 0.556. The quantitative estimate of drug-likeness (QED) is 0.0802. The number of ether oxygens (including phenoxy) is 9. The Morgan fingerprint density at radius 3 is 1.83 bits per heavy atom. The Hall–Kier alpha value is -4.16. The maximum absolute atomic E-state index is 14.6. The number of aliphatic hydroxyl groups excluding tert-OH is 2. The second-order valence-electron chi connectivity index (χ2n) is 14.3. The molecule has 0 saturated carbocycles. The van der Waals surface area contributed by atoms with Crippen LogP contribution in [0.3, 0.4) is 0 Å². The van der Waals surface area contributed by atoms with E-state index in [1.54, 1.807) is 50.4 Å². The van der Waals surface area contributed by atoms with Crippen LogP contribution >= 0.6 is 0 Å².